The number of amides is 1. The molecule has 0 bridgehead atoms. The number of aromatic nitrogens is 3. The molecule has 0 aliphatic rings. The summed E-state index contributed by atoms with van der Waals surface area (Å²) in [5.74, 6) is -0.452. The van der Waals surface area contributed by atoms with E-state index >= 15 is 0 Å². The zero-order valence-corrected chi connectivity index (χ0v) is 13.7. The molecule has 0 atom stereocenters. The van der Waals surface area contributed by atoms with Crippen molar-refractivity contribution < 1.29 is 4.79 Å². The Kier molecular flexibility index (Phi) is 3.94. The third kappa shape index (κ3) is 2.69. The van der Waals surface area contributed by atoms with Gasteiger partial charge in [-0.2, -0.15) is 0 Å². The van der Waals surface area contributed by atoms with Crippen molar-refractivity contribution in [1.82, 2.24) is 14.1 Å². The number of fused-ring (bicyclic) bond motifs is 1. The first kappa shape index (κ1) is 15.9. The van der Waals surface area contributed by atoms with Crippen LogP contribution in [0, 0.1) is 0 Å². The Hall–Kier alpha value is -2.93. The average Bonchev–Trinajstić information content (AvgIpc) is 2.59. The van der Waals surface area contributed by atoms with Crippen LogP contribution in [0.25, 0.3) is 11.0 Å². The largest absolute Gasteiger partial charge is 0.332 e. The number of carbonyl (C=O) groups excluding carboxylic acids is 1. The molecule has 122 valence electrons. The van der Waals surface area contributed by atoms with Gasteiger partial charge in [0.2, 0.25) is 0 Å². The van der Waals surface area contributed by atoms with Gasteiger partial charge in [0.15, 0.2) is 0 Å². The van der Waals surface area contributed by atoms with E-state index in [0.717, 1.165) is 4.57 Å². The maximum Gasteiger partial charge on any atom is 0.332 e. The van der Waals surface area contributed by atoms with E-state index in [9.17, 15) is 14.4 Å². The molecule has 3 aromatic rings. The third-order valence-corrected chi connectivity index (χ3v) is 3.89. The third-order valence-electron chi connectivity index (χ3n) is 3.64. The van der Waals surface area contributed by atoms with Crippen LogP contribution in [0.2, 0.25) is 5.02 Å². The second-order valence-electron chi connectivity index (χ2n) is 5.23. The predicted octanol–water partition coefficient (Wildman–Crippen LogP) is 1.54. The van der Waals surface area contributed by atoms with Gasteiger partial charge in [-0.25, -0.2) is 9.78 Å². The van der Waals surface area contributed by atoms with Crippen LogP contribution in [0.15, 0.2) is 46.0 Å². The van der Waals surface area contributed by atoms with E-state index in [1.165, 1.54) is 30.8 Å². The molecule has 1 aromatic carbocycles. The van der Waals surface area contributed by atoms with E-state index in [1.54, 1.807) is 24.3 Å². The summed E-state index contributed by atoms with van der Waals surface area (Å²) in [5.41, 5.74) is -0.141. The number of rotatable bonds is 2. The Morgan fingerprint density at radius 2 is 1.71 bits per heavy atom. The van der Waals surface area contributed by atoms with Crippen molar-refractivity contribution in [3.05, 3.63) is 68.0 Å². The van der Waals surface area contributed by atoms with Gasteiger partial charge in [0.05, 0.1) is 5.39 Å². The summed E-state index contributed by atoms with van der Waals surface area (Å²) in [6.45, 7) is 0. The second-order valence-corrected chi connectivity index (χ2v) is 5.67. The lowest BCUT2D eigenvalue weighted by molar-refractivity contribution is 0.102. The molecule has 0 aliphatic heterocycles. The van der Waals surface area contributed by atoms with Crippen LogP contribution in [0.3, 0.4) is 0 Å². The Bertz CT molecular complexity index is 1070. The minimum absolute atomic E-state index is 0.0979. The predicted molar refractivity (Wildman–Crippen MR) is 91.6 cm³/mol. The minimum Gasteiger partial charge on any atom is -0.321 e. The molecule has 0 fully saturated rings. The van der Waals surface area contributed by atoms with Crippen LogP contribution in [0.4, 0.5) is 5.69 Å². The van der Waals surface area contributed by atoms with Gasteiger partial charge >= 0.3 is 5.69 Å². The minimum atomic E-state index is -0.504. The number of anilines is 1. The van der Waals surface area contributed by atoms with Crippen molar-refractivity contribution in [3.8, 4) is 0 Å². The molecule has 1 amide bonds. The molecule has 2 aromatic heterocycles. The van der Waals surface area contributed by atoms with Gasteiger partial charge in [-0.3, -0.25) is 18.7 Å². The summed E-state index contributed by atoms with van der Waals surface area (Å²) in [6, 6.07) is 9.55. The SMILES string of the molecule is Cn1c(=O)c2ccc(C(=O)Nc3ccc(Cl)cc3)nc2n(C)c1=O. The fourth-order valence-corrected chi connectivity index (χ4v) is 2.43. The lowest BCUT2D eigenvalue weighted by atomic mass is 10.2. The molecule has 24 heavy (non-hydrogen) atoms. The van der Waals surface area contributed by atoms with Crippen molar-refractivity contribution in [2.24, 2.45) is 14.1 Å². The number of benzene rings is 1. The summed E-state index contributed by atoms with van der Waals surface area (Å²) in [6.07, 6.45) is 0. The monoisotopic (exact) mass is 344 g/mol. The van der Waals surface area contributed by atoms with E-state index in [1.807, 2.05) is 0 Å². The molecule has 0 aliphatic carbocycles. The molecule has 0 unspecified atom stereocenters. The molecule has 0 saturated carbocycles. The molecule has 0 radical (unpaired) electrons. The summed E-state index contributed by atoms with van der Waals surface area (Å²) in [5, 5.41) is 3.50. The molecule has 8 heteroatoms. The highest BCUT2D eigenvalue weighted by Crippen LogP contribution is 2.14. The van der Waals surface area contributed by atoms with E-state index in [-0.39, 0.29) is 16.7 Å². The number of carbonyl (C=O) groups is 1. The second kappa shape index (κ2) is 5.93. The highest BCUT2D eigenvalue weighted by Gasteiger charge is 2.14. The van der Waals surface area contributed by atoms with Gasteiger partial charge in [0.25, 0.3) is 11.5 Å². The number of nitrogens with zero attached hydrogens (tertiary/aromatic N) is 3. The summed E-state index contributed by atoms with van der Waals surface area (Å²) in [4.78, 5) is 40.6. The zero-order chi connectivity index (χ0) is 17.4. The highest BCUT2D eigenvalue weighted by molar-refractivity contribution is 6.30. The van der Waals surface area contributed by atoms with Crippen molar-refractivity contribution >= 4 is 34.2 Å². The Balaban J connectivity index is 2.04. The number of aryl methyl sites for hydroxylation is 1. The number of pyridine rings is 1. The quantitative estimate of drug-likeness (QED) is 0.764. The maximum atomic E-state index is 12.3. The fourth-order valence-electron chi connectivity index (χ4n) is 2.31. The van der Waals surface area contributed by atoms with Crippen LogP contribution in [-0.4, -0.2) is 20.0 Å². The first-order chi connectivity index (χ1) is 11.4. The number of hydrogen-bond acceptors (Lipinski definition) is 4. The number of halogens is 1. The molecule has 0 saturated heterocycles. The topological polar surface area (TPSA) is 86.0 Å². The van der Waals surface area contributed by atoms with E-state index < -0.39 is 17.2 Å². The molecule has 3 rings (SSSR count). The van der Waals surface area contributed by atoms with Gasteiger partial charge in [0.1, 0.15) is 11.3 Å². The Morgan fingerprint density at radius 1 is 1.04 bits per heavy atom. The van der Waals surface area contributed by atoms with Gasteiger partial charge in [-0.15, -0.1) is 0 Å². The van der Waals surface area contributed by atoms with Crippen LogP contribution in [-0.2, 0) is 14.1 Å². The molecule has 0 spiro atoms. The molecular weight excluding hydrogens is 332 g/mol. The summed E-state index contributed by atoms with van der Waals surface area (Å²) < 4.78 is 2.23. The van der Waals surface area contributed by atoms with Gasteiger partial charge in [-0.1, -0.05) is 11.6 Å². The Labute approximate surface area is 141 Å². The van der Waals surface area contributed by atoms with Crippen LogP contribution in [0.5, 0.6) is 0 Å². The van der Waals surface area contributed by atoms with E-state index in [4.69, 9.17) is 11.6 Å². The van der Waals surface area contributed by atoms with Gasteiger partial charge < -0.3 is 5.32 Å². The van der Waals surface area contributed by atoms with Crippen LogP contribution < -0.4 is 16.6 Å². The maximum absolute atomic E-state index is 12.3. The van der Waals surface area contributed by atoms with E-state index in [2.05, 4.69) is 10.3 Å². The first-order valence-corrected chi connectivity index (χ1v) is 7.40. The molecule has 1 N–H and O–H groups in total. The van der Waals surface area contributed by atoms with Crippen molar-refractivity contribution in [2.45, 2.75) is 0 Å². The van der Waals surface area contributed by atoms with Gasteiger partial charge in [-0.05, 0) is 36.4 Å². The first-order valence-electron chi connectivity index (χ1n) is 7.02. The van der Waals surface area contributed by atoms with Crippen molar-refractivity contribution in [3.63, 3.8) is 0 Å². The number of nitrogens with one attached hydrogen (secondary N) is 1. The molecule has 2 heterocycles. The lowest BCUT2D eigenvalue weighted by Crippen LogP contribution is -2.37. The fraction of sp³-hybridized carbons (Fsp3) is 0.125. The zero-order valence-electron chi connectivity index (χ0n) is 12.9. The Morgan fingerprint density at radius 3 is 2.38 bits per heavy atom. The molecule has 7 nitrogen and oxygen atoms in total. The van der Waals surface area contributed by atoms with Crippen LogP contribution in [0.1, 0.15) is 10.5 Å². The standard InChI is InChI=1S/C16H13ClN4O3/c1-20-13-11(15(23)21(2)16(20)24)7-8-12(19-13)14(22)18-10-5-3-9(17)4-6-10/h3-8H,1-2H3,(H,18,22). The average molecular weight is 345 g/mol. The summed E-state index contributed by atoms with van der Waals surface area (Å²) in [7, 11) is 2.89. The lowest BCUT2D eigenvalue weighted by Gasteiger charge is -2.09. The van der Waals surface area contributed by atoms with Gasteiger partial charge in [0, 0.05) is 24.8 Å². The highest BCUT2D eigenvalue weighted by atomic mass is 35.5. The van der Waals surface area contributed by atoms with E-state index in [0.29, 0.717) is 10.7 Å². The normalized spacial score (nSPS) is 10.8. The van der Waals surface area contributed by atoms with Crippen molar-refractivity contribution in [1.29, 1.82) is 0 Å². The number of hydrogen-bond donors (Lipinski definition) is 1. The molecular formula is C16H13ClN4O3. The summed E-state index contributed by atoms with van der Waals surface area (Å²) >= 11 is 5.80. The smallest absolute Gasteiger partial charge is 0.321 e. The van der Waals surface area contributed by atoms with Crippen LogP contribution >= 0.6 is 11.6 Å². The van der Waals surface area contributed by atoms with Crippen molar-refractivity contribution in [2.75, 3.05) is 5.32 Å².